The molecule has 0 radical (unpaired) electrons. The molecule has 136 valence electrons. The van der Waals surface area contributed by atoms with Gasteiger partial charge in [0.05, 0.1) is 17.4 Å². The van der Waals surface area contributed by atoms with E-state index in [1.54, 1.807) is 55.2 Å². The molecule has 1 aliphatic heterocycles. The summed E-state index contributed by atoms with van der Waals surface area (Å²) in [4.78, 5) is 36.7. The highest BCUT2D eigenvalue weighted by Crippen LogP contribution is 2.29. The first kappa shape index (κ1) is 19.1. The first-order valence-electron chi connectivity index (χ1n) is 8.13. The molecular weight excluding hydrogens is 334 g/mol. The summed E-state index contributed by atoms with van der Waals surface area (Å²) in [5.41, 5.74) is 3.03. The molecule has 1 fully saturated rings. The van der Waals surface area contributed by atoms with Gasteiger partial charge in [-0.2, -0.15) is 5.84 Å². The number of anilines is 1. The Kier molecular flexibility index (Phi) is 5.71. The van der Waals surface area contributed by atoms with E-state index in [2.05, 4.69) is 6.58 Å². The maximum absolute atomic E-state index is 12.7. The van der Waals surface area contributed by atoms with Crippen LogP contribution in [0.15, 0.2) is 59.7 Å². The average molecular weight is 356 g/mol. The zero-order chi connectivity index (χ0) is 19.4. The number of hydrogen-bond donors (Lipinski definition) is 2. The van der Waals surface area contributed by atoms with E-state index < -0.39 is 11.9 Å². The lowest BCUT2D eigenvalue weighted by Crippen LogP contribution is -2.24. The van der Waals surface area contributed by atoms with Crippen LogP contribution in [0.4, 0.5) is 5.69 Å². The fourth-order valence-electron chi connectivity index (χ4n) is 2.69. The molecule has 1 aromatic carbocycles. The van der Waals surface area contributed by atoms with E-state index in [0.29, 0.717) is 39.4 Å². The van der Waals surface area contributed by atoms with Crippen molar-refractivity contribution in [3.8, 4) is 0 Å². The van der Waals surface area contributed by atoms with Crippen LogP contribution in [0.25, 0.3) is 0 Å². The maximum Gasteiger partial charge on any atom is 0.310 e. The van der Waals surface area contributed by atoms with Gasteiger partial charge in [-0.15, -0.1) is 0 Å². The van der Waals surface area contributed by atoms with Gasteiger partial charge in [-0.1, -0.05) is 24.8 Å². The quantitative estimate of drug-likeness (QED) is 0.352. The fraction of sp³-hybridized carbons (Fsp3) is 0.263. The van der Waals surface area contributed by atoms with Gasteiger partial charge >= 0.3 is 5.97 Å². The lowest BCUT2D eigenvalue weighted by atomic mass is 10.0. The summed E-state index contributed by atoms with van der Waals surface area (Å²) in [5, 5.41) is 9.07. The molecular formula is C19H22N3O4+. The molecule has 1 saturated heterocycles. The third-order valence-electron chi connectivity index (χ3n) is 4.32. The van der Waals surface area contributed by atoms with Crippen LogP contribution in [-0.4, -0.2) is 34.9 Å². The van der Waals surface area contributed by atoms with Gasteiger partial charge in [0.1, 0.15) is 4.87 Å². The topological polar surface area (TPSA) is 104 Å². The molecule has 0 saturated carbocycles. The number of hydrazine groups is 1. The second-order valence-electron chi connectivity index (χ2n) is 6.14. The second-order valence-corrected chi connectivity index (χ2v) is 6.14. The van der Waals surface area contributed by atoms with Crippen LogP contribution in [0.5, 0.6) is 0 Å². The zero-order valence-corrected chi connectivity index (χ0v) is 14.8. The van der Waals surface area contributed by atoms with Gasteiger partial charge < -0.3 is 10.0 Å². The predicted molar refractivity (Wildman–Crippen MR) is 98.5 cm³/mol. The number of nitrogens with two attached hydrogens (primary N) is 1. The molecule has 26 heavy (non-hydrogen) atoms. The lowest BCUT2D eigenvalue weighted by molar-refractivity contribution is -0.552. The molecule has 1 unspecified atom stereocenters. The molecule has 0 aliphatic carbocycles. The van der Waals surface area contributed by atoms with Crippen LogP contribution in [0.2, 0.25) is 0 Å². The number of aliphatic carboxylic acids is 1. The summed E-state index contributed by atoms with van der Waals surface area (Å²) in [5.74, 6) is 3.40. The Hall–Kier alpha value is -3.22. The molecule has 1 amide bonds. The Bertz CT molecular complexity index is 822. The number of benzene rings is 1. The van der Waals surface area contributed by atoms with Crippen LogP contribution in [0, 0.1) is 4.91 Å². The van der Waals surface area contributed by atoms with Gasteiger partial charge in [-0.05, 0) is 43.2 Å². The van der Waals surface area contributed by atoms with Gasteiger partial charge in [0.2, 0.25) is 6.54 Å². The van der Waals surface area contributed by atoms with Crippen LogP contribution >= 0.6 is 0 Å². The number of carbonyl (C=O) groups excluding carboxylic acids is 1. The predicted octanol–water partition coefficient (Wildman–Crippen LogP) is 2.30. The highest BCUT2D eigenvalue weighted by Gasteiger charge is 2.31. The number of rotatable bonds is 6. The molecule has 1 aliphatic rings. The van der Waals surface area contributed by atoms with Gasteiger partial charge in [0.25, 0.3) is 5.91 Å². The van der Waals surface area contributed by atoms with Crippen LogP contribution in [0.3, 0.4) is 0 Å². The van der Waals surface area contributed by atoms with Crippen LogP contribution < -0.4 is 10.7 Å². The summed E-state index contributed by atoms with van der Waals surface area (Å²) in [6.45, 7) is 7.62. The Labute approximate surface area is 151 Å². The third kappa shape index (κ3) is 4.05. The maximum atomic E-state index is 12.7. The van der Waals surface area contributed by atoms with E-state index in [1.165, 1.54) is 0 Å². The van der Waals surface area contributed by atoms with E-state index in [9.17, 15) is 14.5 Å². The zero-order valence-electron chi connectivity index (χ0n) is 14.8. The van der Waals surface area contributed by atoms with E-state index in [4.69, 9.17) is 10.9 Å². The van der Waals surface area contributed by atoms with E-state index >= 15 is 0 Å². The molecule has 1 atom stereocenters. The Morgan fingerprint density at radius 1 is 1.42 bits per heavy atom. The van der Waals surface area contributed by atoms with Crippen LogP contribution in [0.1, 0.15) is 25.3 Å². The normalized spacial score (nSPS) is 17.7. The highest BCUT2D eigenvalue weighted by molar-refractivity contribution is 6.12. The van der Waals surface area contributed by atoms with E-state index in [1.807, 2.05) is 0 Å². The molecule has 0 bridgehead atoms. The summed E-state index contributed by atoms with van der Waals surface area (Å²) in [6, 6.07) is 6.84. The Morgan fingerprint density at radius 3 is 2.54 bits per heavy atom. The van der Waals surface area contributed by atoms with Crippen molar-refractivity contribution >= 4 is 17.6 Å². The first-order chi connectivity index (χ1) is 12.2. The molecule has 1 heterocycles. The standard InChI is InChI=1S/C19H21N3O4/c1-4-14(11-22(20)26)9-17-12(2)10-21(18(17)23)16-7-5-15(6-8-16)13(3)19(24)25/h4-9,13H,2,10-11H2,1,3H3,(H2-,20,24,25,26)/p+1/b14-4+,17-9+. The summed E-state index contributed by atoms with van der Waals surface area (Å²) < 4.78 is 0. The lowest BCUT2D eigenvalue weighted by Gasteiger charge is -2.16. The van der Waals surface area contributed by atoms with Gasteiger partial charge in [-0.25, -0.2) is 0 Å². The number of carboxylic acids is 1. The minimum atomic E-state index is -0.903. The number of amides is 1. The molecule has 3 N–H and O–H groups in total. The molecule has 0 spiro atoms. The van der Waals surface area contributed by atoms with Crippen molar-refractivity contribution in [2.45, 2.75) is 19.8 Å². The van der Waals surface area contributed by atoms with E-state index in [-0.39, 0.29) is 12.5 Å². The highest BCUT2D eigenvalue weighted by atomic mass is 16.4. The molecule has 7 nitrogen and oxygen atoms in total. The van der Waals surface area contributed by atoms with Crippen LogP contribution in [-0.2, 0) is 9.59 Å². The Morgan fingerprint density at radius 2 is 2.04 bits per heavy atom. The van der Waals surface area contributed by atoms with Crippen molar-refractivity contribution in [2.24, 2.45) is 5.84 Å². The smallest absolute Gasteiger partial charge is 0.310 e. The minimum absolute atomic E-state index is 0.0255. The van der Waals surface area contributed by atoms with E-state index in [0.717, 1.165) is 0 Å². The second kappa shape index (κ2) is 7.77. The van der Waals surface area contributed by atoms with Crippen molar-refractivity contribution < 1.29 is 19.6 Å². The number of hydrogen-bond acceptors (Lipinski definition) is 3. The number of nitroso groups, excluding NO2 is 1. The minimum Gasteiger partial charge on any atom is -0.481 e. The van der Waals surface area contributed by atoms with Crippen molar-refractivity contribution in [1.82, 2.24) is 0 Å². The molecule has 0 aromatic heterocycles. The van der Waals surface area contributed by atoms with Gasteiger partial charge in [-0.3, -0.25) is 9.59 Å². The number of nitrogens with zero attached hydrogens (tertiary/aromatic N) is 2. The number of allylic oxidation sites excluding steroid dienone is 1. The van der Waals surface area contributed by atoms with Crippen molar-refractivity contribution in [1.29, 1.82) is 0 Å². The summed E-state index contributed by atoms with van der Waals surface area (Å²) in [7, 11) is 0. The molecule has 2 rings (SSSR count). The van der Waals surface area contributed by atoms with Crippen molar-refractivity contribution in [3.05, 3.63) is 70.2 Å². The first-order valence-corrected chi connectivity index (χ1v) is 8.13. The molecule has 7 heteroatoms. The van der Waals surface area contributed by atoms with Gasteiger partial charge in [0.15, 0.2) is 0 Å². The summed E-state index contributed by atoms with van der Waals surface area (Å²) in [6.07, 6.45) is 3.35. The fourth-order valence-corrected chi connectivity index (χ4v) is 2.69. The Balaban J connectivity index is 2.25. The molecule has 1 aromatic rings. The number of carbonyl (C=O) groups is 2. The summed E-state index contributed by atoms with van der Waals surface area (Å²) >= 11 is 0. The number of carboxylic acid groups (broad SMARTS) is 1. The van der Waals surface area contributed by atoms with Crippen molar-refractivity contribution in [3.63, 3.8) is 0 Å². The third-order valence-corrected chi connectivity index (χ3v) is 4.32. The SMILES string of the molecule is C=C1CN(c2ccc(C(C)C(=O)O)cc2)C(=O)/C1=C/C(=C\C)C[N+](N)=O. The monoisotopic (exact) mass is 356 g/mol. The van der Waals surface area contributed by atoms with Gasteiger partial charge in [0, 0.05) is 16.8 Å². The largest absolute Gasteiger partial charge is 0.481 e. The van der Waals surface area contributed by atoms with Crippen molar-refractivity contribution in [2.75, 3.05) is 18.0 Å². The average Bonchev–Trinajstić information content (AvgIpc) is 2.88.